The fraction of sp³-hybridized carbons (Fsp3) is 0.857. The van der Waals surface area contributed by atoms with Crippen molar-refractivity contribution in [3.05, 3.63) is 0 Å². The molecule has 0 saturated heterocycles. The molecule has 0 aliphatic heterocycles. The van der Waals surface area contributed by atoms with E-state index in [-0.39, 0.29) is 40.1 Å². The van der Waals surface area contributed by atoms with Gasteiger partial charge in [0.1, 0.15) is 0 Å². The molecule has 0 aromatic heterocycles. The fourth-order valence-corrected chi connectivity index (χ4v) is 0.883. The zero-order valence-corrected chi connectivity index (χ0v) is 11.7. The van der Waals surface area contributed by atoms with E-state index in [1.165, 1.54) is 0 Å². The summed E-state index contributed by atoms with van der Waals surface area (Å²) in [5.74, 6) is 0. The Hall–Kier alpha value is -0.174. The molecule has 0 bridgehead atoms. The van der Waals surface area contributed by atoms with Crippen LogP contribution in [0.2, 0.25) is 0 Å². The van der Waals surface area contributed by atoms with Crippen molar-refractivity contribution >= 4 is 6.16 Å². The monoisotopic (exact) mass is 336 g/mol. The topological polar surface area (TPSA) is 207 Å². The van der Waals surface area contributed by atoms with Crippen LogP contribution in [-0.4, -0.2) is 61.3 Å². The Morgan fingerprint density at radius 3 is 1.17 bits per heavy atom. The largest absolute Gasteiger partial charge is 3.00 e. The molecule has 11 heteroatoms. The maximum Gasteiger partial charge on any atom is 3.00 e. The first-order chi connectivity index (χ1) is 6.58. The number of carboxylic acid groups (broad SMARTS) is 2. The van der Waals surface area contributed by atoms with Crippen molar-refractivity contribution in [1.29, 1.82) is 0 Å². The van der Waals surface area contributed by atoms with E-state index >= 15 is 0 Å². The van der Waals surface area contributed by atoms with Crippen LogP contribution < -0.4 is 39.8 Å². The second-order valence-electron chi connectivity index (χ2n) is 2.46. The van der Waals surface area contributed by atoms with Gasteiger partial charge in [0.2, 0.25) is 0 Å². The number of halogens is 1. The van der Waals surface area contributed by atoms with E-state index in [4.69, 9.17) is 32.2 Å². The van der Waals surface area contributed by atoms with Crippen LogP contribution in [0.1, 0.15) is 0 Å². The molecule has 0 amide bonds. The molecule has 9 nitrogen and oxygen atoms in total. The normalized spacial score (nSPS) is 7.33. The van der Waals surface area contributed by atoms with Crippen LogP contribution in [0, 0.1) is 0 Å². The molecule has 0 unspecified atom stereocenters. The molecule has 116 valence electrons. The summed E-state index contributed by atoms with van der Waals surface area (Å²) >= 11 is 0. The molecule has 10 N–H and O–H groups in total. The first kappa shape index (κ1) is 36.1. The van der Waals surface area contributed by atoms with E-state index in [1.807, 2.05) is 0 Å². The Kier molecular flexibility index (Phi) is 60.4. The first-order valence-electron chi connectivity index (χ1n) is 4.29. The minimum absolute atomic E-state index is 0. The molecule has 18 heavy (non-hydrogen) atoms. The molecule has 0 fully saturated rings. The second-order valence-corrected chi connectivity index (χ2v) is 2.46. The average molecular weight is 337 g/mol. The van der Waals surface area contributed by atoms with E-state index in [0.29, 0.717) is 19.6 Å². The van der Waals surface area contributed by atoms with Crippen molar-refractivity contribution in [2.75, 3.05) is 39.3 Å². The predicted molar refractivity (Wildman–Crippen MR) is 56.2 cm³/mol. The summed E-state index contributed by atoms with van der Waals surface area (Å²) in [5, 5.41) is 16.7. The Morgan fingerprint density at radius 1 is 0.889 bits per heavy atom. The van der Waals surface area contributed by atoms with Gasteiger partial charge < -0.3 is 55.6 Å². The maximum atomic E-state index is 8.33. The third kappa shape index (κ3) is 44.7. The summed E-state index contributed by atoms with van der Waals surface area (Å²) in [6, 6.07) is 0. The van der Waals surface area contributed by atoms with Crippen LogP contribution in [0.4, 0.5) is 4.79 Å². The van der Waals surface area contributed by atoms with Gasteiger partial charge in [0.15, 0.2) is 0 Å². The molecule has 0 aromatic carbocycles. The Bertz CT molecular complexity index is 131. The van der Waals surface area contributed by atoms with Gasteiger partial charge in [0.05, 0.1) is 0 Å². The van der Waals surface area contributed by atoms with E-state index in [2.05, 4.69) is 4.90 Å². The van der Waals surface area contributed by atoms with Crippen molar-refractivity contribution in [2.45, 2.75) is 0 Å². The third-order valence-corrected chi connectivity index (χ3v) is 1.34. The molecule has 0 aliphatic rings. The van der Waals surface area contributed by atoms with E-state index in [0.717, 1.165) is 19.6 Å². The van der Waals surface area contributed by atoms with Gasteiger partial charge in [0.25, 0.3) is 0 Å². The van der Waals surface area contributed by atoms with Crippen LogP contribution >= 0.6 is 0 Å². The number of carbonyl (C=O) groups is 1. The number of nitrogens with zero attached hydrogens (tertiary/aromatic N) is 1. The SMILES string of the molecule is NCCN(CCN)CCN.O.O.O=C([O-])[O-].[Cl-].[Co+3]. The van der Waals surface area contributed by atoms with Gasteiger partial charge in [0, 0.05) is 39.3 Å². The Labute approximate surface area is 123 Å². The number of carbonyl (C=O) groups excluding carboxylic acids is 1. The van der Waals surface area contributed by atoms with Gasteiger partial charge in [-0.3, -0.25) is 4.90 Å². The molecule has 0 spiro atoms. The molecule has 0 aromatic rings. The van der Waals surface area contributed by atoms with Gasteiger partial charge in [-0.1, -0.05) is 0 Å². The van der Waals surface area contributed by atoms with Crippen LogP contribution in [0.3, 0.4) is 0 Å². The summed E-state index contributed by atoms with van der Waals surface area (Å²) in [4.78, 5) is 10.5. The Balaban J connectivity index is -0.0000000402. The molecule has 0 rings (SSSR count). The molecule has 0 radical (unpaired) electrons. The number of nitrogens with two attached hydrogens (primary N) is 3. The summed E-state index contributed by atoms with van der Waals surface area (Å²) in [6.07, 6.45) is -2.33. The maximum absolute atomic E-state index is 8.33. The van der Waals surface area contributed by atoms with Gasteiger partial charge in [-0.15, -0.1) is 0 Å². The van der Waals surface area contributed by atoms with Gasteiger partial charge in [-0.25, -0.2) is 0 Å². The standard InChI is InChI=1S/C6H18N4.CH2O3.ClH.Co.2H2O/c7-1-4-10(5-2-8)6-3-9;2-1(3)4;;;;/h1-9H2;(H2,2,3,4);1H;;2*1H2/q;;;+3;;/p-3. The minimum atomic E-state index is -2.33. The van der Waals surface area contributed by atoms with Crippen LogP contribution in [0.25, 0.3) is 0 Å². The van der Waals surface area contributed by atoms with Gasteiger partial charge in [-0.2, -0.15) is 0 Å². The van der Waals surface area contributed by atoms with Crippen molar-refractivity contribution in [3.8, 4) is 0 Å². The second kappa shape index (κ2) is 30.1. The predicted octanol–water partition coefficient (Wildman–Crippen LogP) is -8.93. The van der Waals surface area contributed by atoms with Crippen LogP contribution in [-0.2, 0) is 16.8 Å². The number of hydrogen-bond donors (Lipinski definition) is 3. The van der Waals surface area contributed by atoms with Gasteiger partial charge in [-0.05, 0) is 6.16 Å². The quantitative estimate of drug-likeness (QED) is 0.426. The third-order valence-electron chi connectivity index (χ3n) is 1.34. The van der Waals surface area contributed by atoms with E-state index in [1.54, 1.807) is 0 Å². The minimum Gasteiger partial charge on any atom is -1.00 e. The average Bonchev–Trinajstić information content (AvgIpc) is 2.04. The molecule has 0 aliphatic carbocycles. The molecule has 0 atom stereocenters. The zero-order valence-electron chi connectivity index (χ0n) is 9.86. The van der Waals surface area contributed by atoms with Gasteiger partial charge >= 0.3 is 16.8 Å². The van der Waals surface area contributed by atoms with E-state index in [9.17, 15) is 0 Å². The summed E-state index contributed by atoms with van der Waals surface area (Å²) in [6.45, 7) is 4.73. The summed E-state index contributed by atoms with van der Waals surface area (Å²) in [5.41, 5.74) is 16.1. The fourth-order valence-electron chi connectivity index (χ4n) is 0.883. The summed E-state index contributed by atoms with van der Waals surface area (Å²) < 4.78 is 0. The molecular weight excluding hydrogens is 314 g/mol. The molecular formula is C7H22ClCoN4O5. The van der Waals surface area contributed by atoms with Crippen molar-refractivity contribution in [3.63, 3.8) is 0 Å². The number of rotatable bonds is 6. The van der Waals surface area contributed by atoms with Crippen molar-refractivity contribution in [1.82, 2.24) is 4.90 Å². The first-order valence-corrected chi connectivity index (χ1v) is 4.29. The number of hydrogen-bond acceptors (Lipinski definition) is 7. The summed E-state index contributed by atoms with van der Waals surface area (Å²) in [7, 11) is 0. The van der Waals surface area contributed by atoms with Crippen LogP contribution in [0.15, 0.2) is 0 Å². The smallest absolute Gasteiger partial charge is 1.00 e. The van der Waals surface area contributed by atoms with Crippen molar-refractivity contribution < 1.29 is 55.1 Å². The van der Waals surface area contributed by atoms with Crippen LogP contribution in [0.5, 0.6) is 0 Å². The molecule has 0 heterocycles. The van der Waals surface area contributed by atoms with Crippen molar-refractivity contribution in [2.24, 2.45) is 17.2 Å². The zero-order chi connectivity index (χ0) is 11.4. The Morgan fingerprint density at radius 2 is 1.06 bits per heavy atom. The van der Waals surface area contributed by atoms with E-state index < -0.39 is 6.16 Å². The molecule has 0 saturated carbocycles.